The Morgan fingerprint density at radius 3 is 2.15 bits per heavy atom. The van der Waals surface area contributed by atoms with Gasteiger partial charge in [-0.25, -0.2) is 8.78 Å². The second-order valence-corrected chi connectivity index (χ2v) is 2.66. The molecule has 0 spiro atoms. The fraction of sp³-hybridized carbons (Fsp3) is 0.400. The Balaban J connectivity index is 0.000000671. The molecule has 1 aromatic carbocycles. The lowest BCUT2D eigenvalue weighted by Crippen LogP contribution is -1.88. The molecule has 0 heterocycles. The Kier molecular flexibility index (Phi) is 5.63. The predicted molar refractivity (Wildman–Crippen MR) is 52.5 cm³/mol. The van der Waals surface area contributed by atoms with Crippen molar-refractivity contribution < 1.29 is 8.78 Å². The zero-order chi connectivity index (χ0) is 10.4. The first-order valence-corrected chi connectivity index (χ1v) is 4.54. The van der Waals surface area contributed by atoms with Crippen molar-refractivity contribution in [3.8, 4) is 0 Å². The normalized spacial score (nSPS) is 9.46. The maximum atomic E-state index is 12.1. The molecule has 74 valence electrons. The first-order valence-electron chi connectivity index (χ1n) is 4.16. The lowest BCUT2D eigenvalue weighted by Gasteiger charge is -2.04. The van der Waals surface area contributed by atoms with E-state index in [0.29, 0.717) is 10.6 Å². The van der Waals surface area contributed by atoms with Crippen LogP contribution in [0.4, 0.5) is 8.78 Å². The highest BCUT2D eigenvalue weighted by Gasteiger charge is 2.10. The van der Waals surface area contributed by atoms with E-state index < -0.39 is 6.43 Å². The van der Waals surface area contributed by atoms with Gasteiger partial charge in [-0.15, -0.1) is 0 Å². The van der Waals surface area contributed by atoms with Crippen LogP contribution in [0.25, 0.3) is 0 Å². The lowest BCUT2D eigenvalue weighted by molar-refractivity contribution is 0.150. The van der Waals surface area contributed by atoms with Gasteiger partial charge in [0.25, 0.3) is 6.43 Å². The summed E-state index contributed by atoms with van der Waals surface area (Å²) in [7, 11) is 0. The molecular weight excluding hydrogens is 194 g/mol. The van der Waals surface area contributed by atoms with E-state index >= 15 is 0 Å². The minimum absolute atomic E-state index is 0.0116. The molecule has 0 aliphatic heterocycles. The molecule has 0 amide bonds. The third-order valence-corrected chi connectivity index (χ3v) is 1.95. The summed E-state index contributed by atoms with van der Waals surface area (Å²) in [5.74, 6) is 0. The average molecular weight is 207 g/mol. The van der Waals surface area contributed by atoms with Gasteiger partial charge in [-0.3, -0.25) is 0 Å². The molecule has 0 aliphatic carbocycles. The number of benzene rings is 1. The summed E-state index contributed by atoms with van der Waals surface area (Å²) in [4.78, 5) is 0. The Bertz CT molecular complexity index is 259. The molecule has 0 saturated carbocycles. The molecule has 1 aromatic rings. The SMILES string of the molecule is CC.Cc1c(Cl)cccc1C(F)F. The van der Waals surface area contributed by atoms with Crippen molar-refractivity contribution in [2.45, 2.75) is 27.2 Å². The van der Waals surface area contributed by atoms with Gasteiger partial charge >= 0.3 is 0 Å². The van der Waals surface area contributed by atoms with Gasteiger partial charge in [0.05, 0.1) is 0 Å². The van der Waals surface area contributed by atoms with Gasteiger partial charge in [0, 0.05) is 10.6 Å². The summed E-state index contributed by atoms with van der Waals surface area (Å²) in [6, 6.07) is 4.51. The van der Waals surface area contributed by atoms with Crippen molar-refractivity contribution in [1.82, 2.24) is 0 Å². The van der Waals surface area contributed by atoms with Crippen LogP contribution in [0, 0.1) is 6.92 Å². The zero-order valence-electron chi connectivity index (χ0n) is 7.94. The first-order chi connectivity index (χ1) is 6.13. The highest BCUT2D eigenvalue weighted by atomic mass is 35.5. The summed E-state index contributed by atoms with van der Waals surface area (Å²) < 4.78 is 24.3. The van der Waals surface area contributed by atoms with E-state index in [2.05, 4.69) is 0 Å². The molecule has 0 saturated heterocycles. The van der Waals surface area contributed by atoms with Crippen LogP contribution in [0.3, 0.4) is 0 Å². The highest BCUT2D eigenvalue weighted by Crippen LogP contribution is 2.26. The van der Waals surface area contributed by atoms with Gasteiger partial charge in [0.2, 0.25) is 0 Å². The van der Waals surface area contributed by atoms with Crippen LogP contribution < -0.4 is 0 Å². The van der Waals surface area contributed by atoms with Gasteiger partial charge in [0.1, 0.15) is 0 Å². The maximum absolute atomic E-state index is 12.1. The number of hydrogen-bond donors (Lipinski definition) is 0. The second-order valence-electron chi connectivity index (χ2n) is 2.25. The molecule has 3 heteroatoms. The fourth-order valence-corrected chi connectivity index (χ4v) is 1.04. The Morgan fingerprint density at radius 2 is 1.77 bits per heavy atom. The van der Waals surface area contributed by atoms with Crippen molar-refractivity contribution >= 4 is 11.6 Å². The minimum Gasteiger partial charge on any atom is -0.205 e. The van der Waals surface area contributed by atoms with Crippen LogP contribution in [0.5, 0.6) is 0 Å². The monoisotopic (exact) mass is 206 g/mol. The van der Waals surface area contributed by atoms with E-state index in [0.717, 1.165) is 0 Å². The standard InChI is InChI=1S/C8H7ClF2.C2H6/c1-5-6(8(10)11)3-2-4-7(5)9;1-2/h2-4,8H,1H3;1-2H3. The minimum atomic E-state index is -2.44. The molecule has 0 fully saturated rings. The number of halogens is 3. The van der Waals surface area contributed by atoms with Crippen LogP contribution >= 0.6 is 11.6 Å². The van der Waals surface area contributed by atoms with Gasteiger partial charge in [-0.1, -0.05) is 37.6 Å². The molecule has 1 rings (SSSR count). The summed E-state index contributed by atoms with van der Waals surface area (Å²) in [5, 5.41) is 0.391. The molecule has 0 bridgehead atoms. The Morgan fingerprint density at radius 1 is 1.23 bits per heavy atom. The molecule has 0 unspecified atom stereocenters. The van der Waals surface area contributed by atoms with Crippen molar-refractivity contribution in [3.63, 3.8) is 0 Å². The molecule has 0 aliphatic rings. The van der Waals surface area contributed by atoms with Crippen molar-refractivity contribution in [2.75, 3.05) is 0 Å². The van der Waals surface area contributed by atoms with Crippen LogP contribution in [0.1, 0.15) is 31.4 Å². The topological polar surface area (TPSA) is 0 Å². The van der Waals surface area contributed by atoms with Crippen LogP contribution in [-0.2, 0) is 0 Å². The molecule has 13 heavy (non-hydrogen) atoms. The summed E-state index contributed by atoms with van der Waals surface area (Å²) in [6.07, 6.45) is -2.44. The van der Waals surface area contributed by atoms with E-state index in [1.807, 2.05) is 13.8 Å². The highest BCUT2D eigenvalue weighted by molar-refractivity contribution is 6.31. The summed E-state index contributed by atoms with van der Waals surface area (Å²) >= 11 is 5.62. The molecular formula is C10H13ClF2. The van der Waals surface area contributed by atoms with Crippen molar-refractivity contribution in [3.05, 3.63) is 34.3 Å². The smallest absolute Gasteiger partial charge is 0.205 e. The third kappa shape index (κ3) is 3.31. The Labute approximate surface area is 82.5 Å². The summed E-state index contributed by atoms with van der Waals surface area (Å²) in [5.41, 5.74) is 0.474. The van der Waals surface area contributed by atoms with E-state index in [4.69, 9.17) is 11.6 Å². The molecule has 0 radical (unpaired) electrons. The molecule has 0 atom stereocenters. The van der Waals surface area contributed by atoms with Crippen LogP contribution in [0.2, 0.25) is 5.02 Å². The van der Waals surface area contributed by atoms with Gasteiger partial charge in [0.15, 0.2) is 0 Å². The van der Waals surface area contributed by atoms with Crippen LogP contribution in [-0.4, -0.2) is 0 Å². The molecule has 0 N–H and O–H groups in total. The number of rotatable bonds is 1. The summed E-state index contributed by atoms with van der Waals surface area (Å²) in [6.45, 7) is 5.59. The van der Waals surface area contributed by atoms with Crippen LogP contribution in [0.15, 0.2) is 18.2 Å². The third-order valence-electron chi connectivity index (χ3n) is 1.54. The van der Waals surface area contributed by atoms with Gasteiger partial charge in [-0.2, -0.15) is 0 Å². The zero-order valence-corrected chi connectivity index (χ0v) is 8.70. The van der Waals surface area contributed by atoms with Gasteiger partial charge < -0.3 is 0 Å². The quantitative estimate of drug-likeness (QED) is 0.629. The Hall–Kier alpha value is -0.630. The maximum Gasteiger partial charge on any atom is 0.264 e. The van der Waals surface area contributed by atoms with E-state index in [9.17, 15) is 8.78 Å². The fourth-order valence-electron chi connectivity index (χ4n) is 0.861. The largest absolute Gasteiger partial charge is 0.264 e. The molecule has 0 nitrogen and oxygen atoms in total. The lowest BCUT2D eigenvalue weighted by atomic mass is 10.1. The van der Waals surface area contributed by atoms with Crippen molar-refractivity contribution in [2.24, 2.45) is 0 Å². The average Bonchev–Trinajstić information content (AvgIpc) is 2.13. The predicted octanol–water partition coefficient (Wildman–Crippen LogP) is 4.61. The number of alkyl halides is 2. The van der Waals surface area contributed by atoms with E-state index in [1.54, 1.807) is 13.0 Å². The van der Waals surface area contributed by atoms with Gasteiger partial charge in [-0.05, 0) is 18.6 Å². The second kappa shape index (κ2) is 5.92. The van der Waals surface area contributed by atoms with Crippen molar-refractivity contribution in [1.29, 1.82) is 0 Å². The first kappa shape index (κ1) is 12.4. The van der Waals surface area contributed by atoms with E-state index in [-0.39, 0.29) is 5.56 Å². The molecule has 0 aromatic heterocycles. The number of hydrogen-bond acceptors (Lipinski definition) is 0. The van der Waals surface area contributed by atoms with E-state index in [1.165, 1.54) is 12.1 Å².